The first-order chi connectivity index (χ1) is 17.4. The fraction of sp³-hybridized carbons (Fsp3) is 0.308. The van der Waals surface area contributed by atoms with Gasteiger partial charge in [0.15, 0.2) is 11.0 Å². The topological polar surface area (TPSA) is 86.1 Å². The number of carbonyl (C=O) groups is 2. The second kappa shape index (κ2) is 11.4. The molecule has 1 N–H and O–H groups in total. The lowest BCUT2D eigenvalue weighted by Gasteiger charge is -2.10. The number of benzene rings is 1. The third-order valence-corrected chi connectivity index (χ3v) is 8.69. The molecule has 188 valence electrons. The number of anilines is 1. The highest BCUT2D eigenvalue weighted by Gasteiger charge is 2.24. The molecule has 4 aromatic rings. The molecular weight excluding hydrogens is 513 g/mol. The lowest BCUT2D eigenvalue weighted by atomic mass is 9.97. The average molecular weight is 541 g/mol. The van der Waals surface area contributed by atoms with E-state index in [-0.39, 0.29) is 11.7 Å². The highest BCUT2D eigenvalue weighted by Crippen LogP contribution is 2.38. The first-order valence-electron chi connectivity index (χ1n) is 11.6. The van der Waals surface area contributed by atoms with E-state index in [0.29, 0.717) is 22.3 Å². The van der Waals surface area contributed by atoms with Crippen LogP contribution in [0.3, 0.4) is 0 Å². The molecule has 0 radical (unpaired) electrons. The van der Waals surface area contributed by atoms with E-state index in [1.807, 2.05) is 48.9 Å². The van der Waals surface area contributed by atoms with Crippen molar-refractivity contribution in [3.8, 4) is 22.5 Å². The molecule has 3 aromatic heterocycles. The Kier molecular flexibility index (Phi) is 8.28. The first kappa shape index (κ1) is 26.1. The number of nitrogens with zero attached hydrogens (tertiary/aromatic N) is 3. The quantitative estimate of drug-likeness (QED) is 0.194. The maximum absolute atomic E-state index is 12.9. The smallest absolute Gasteiger partial charge is 0.341 e. The van der Waals surface area contributed by atoms with E-state index in [4.69, 9.17) is 4.74 Å². The predicted molar refractivity (Wildman–Crippen MR) is 148 cm³/mol. The van der Waals surface area contributed by atoms with Gasteiger partial charge in [0.05, 0.1) is 12.9 Å². The minimum Gasteiger partial charge on any atom is -0.465 e. The number of esters is 1. The van der Waals surface area contributed by atoms with E-state index < -0.39 is 5.97 Å². The number of aromatic nitrogens is 3. The Bertz CT molecular complexity index is 1400. The number of ether oxygens (including phenoxy) is 1. The number of nitrogens with one attached hydrogen (secondary N) is 1. The van der Waals surface area contributed by atoms with Gasteiger partial charge in [0.1, 0.15) is 10.6 Å². The van der Waals surface area contributed by atoms with Crippen LogP contribution in [-0.4, -0.2) is 39.5 Å². The van der Waals surface area contributed by atoms with Crippen LogP contribution in [0.15, 0.2) is 40.2 Å². The van der Waals surface area contributed by atoms with Crippen LogP contribution in [0, 0.1) is 13.8 Å². The molecule has 1 aromatic carbocycles. The summed E-state index contributed by atoms with van der Waals surface area (Å²) >= 11 is 4.35. The van der Waals surface area contributed by atoms with Gasteiger partial charge >= 0.3 is 5.97 Å². The minimum atomic E-state index is -0.479. The lowest BCUT2D eigenvalue weighted by Crippen LogP contribution is -2.16. The zero-order chi connectivity index (χ0) is 25.8. The van der Waals surface area contributed by atoms with Crippen LogP contribution in [0.4, 0.5) is 5.00 Å². The highest BCUT2D eigenvalue weighted by atomic mass is 32.2. The Morgan fingerprint density at radius 3 is 2.58 bits per heavy atom. The minimum absolute atomic E-state index is 0.138. The molecule has 1 amide bonds. The first-order valence-corrected chi connectivity index (χ1v) is 14.3. The van der Waals surface area contributed by atoms with Crippen molar-refractivity contribution in [2.24, 2.45) is 0 Å². The molecule has 10 heteroatoms. The summed E-state index contributed by atoms with van der Waals surface area (Å²) in [7, 11) is 1.35. The second-order valence-corrected chi connectivity index (χ2v) is 11.0. The summed E-state index contributed by atoms with van der Waals surface area (Å²) < 4.78 is 7.07. The summed E-state index contributed by atoms with van der Waals surface area (Å²) in [6.07, 6.45) is 0.980. The van der Waals surface area contributed by atoms with E-state index in [1.54, 1.807) is 11.3 Å². The van der Waals surface area contributed by atoms with Crippen molar-refractivity contribution in [2.75, 3.05) is 18.2 Å². The molecule has 0 fully saturated rings. The average Bonchev–Trinajstić information content (AvgIpc) is 3.61. The maximum Gasteiger partial charge on any atom is 0.341 e. The van der Waals surface area contributed by atoms with Gasteiger partial charge in [0.2, 0.25) is 5.91 Å². The normalized spacial score (nSPS) is 11.0. The molecule has 36 heavy (non-hydrogen) atoms. The summed E-state index contributed by atoms with van der Waals surface area (Å²) in [5.41, 5.74) is 5.26. The molecule has 7 nitrogen and oxygen atoms in total. The van der Waals surface area contributed by atoms with Gasteiger partial charge in [-0.25, -0.2) is 4.79 Å². The summed E-state index contributed by atoms with van der Waals surface area (Å²) in [6, 6.07) is 8.23. The van der Waals surface area contributed by atoms with Crippen molar-refractivity contribution in [1.29, 1.82) is 0 Å². The Morgan fingerprint density at radius 2 is 1.89 bits per heavy atom. The van der Waals surface area contributed by atoms with E-state index >= 15 is 0 Å². The monoisotopic (exact) mass is 540 g/mol. The predicted octanol–water partition coefficient (Wildman–Crippen LogP) is 6.45. The molecule has 0 atom stereocenters. The molecule has 3 heterocycles. The van der Waals surface area contributed by atoms with E-state index in [0.717, 1.165) is 40.1 Å². The molecular formula is C26H28N4O3S3. The van der Waals surface area contributed by atoms with E-state index in [1.165, 1.54) is 35.1 Å². The number of hydrogen-bond donors (Lipinski definition) is 1. The van der Waals surface area contributed by atoms with Crippen LogP contribution < -0.4 is 5.32 Å². The zero-order valence-electron chi connectivity index (χ0n) is 20.9. The van der Waals surface area contributed by atoms with Crippen molar-refractivity contribution in [3.05, 3.63) is 56.6 Å². The van der Waals surface area contributed by atoms with Crippen LogP contribution in [0.5, 0.6) is 0 Å². The molecule has 4 rings (SSSR count). The SMILES string of the molecule is CCc1cc(-c2nnc(SCC(=O)Nc3scc(-c4cc(C)ccc4C)c3C(=O)OC)n2CC)cs1. The Hall–Kier alpha value is -2.95. The molecule has 0 spiro atoms. The van der Waals surface area contributed by atoms with Crippen LogP contribution in [0.25, 0.3) is 22.5 Å². The number of methoxy groups -OCH3 is 1. The summed E-state index contributed by atoms with van der Waals surface area (Å²) in [6.45, 7) is 8.87. The fourth-order valence-electron chi connectivity index (χ4n) is 3.85. The van der Waals surface area contributed by atoms with Crippen LogP contribution in [0.2, 0.25) is 0 Å². The summed E-state index contributed by atoms with van der Waals surface area (Å²) in [5.74, 6) is 0.239. The molecule has 0 saturated carbocycles. The summed E-state index contributed by atoms with van der Waals surface area (Å²) in [4.78, 5) is 26.9. The molecule has 0 aliphatic rings. The van der Waals surface area contributed by atoms with Crippen molar-refractivity contribution in [1.82, 2.24) is 14.8 Å². The van der Waals surface area contributed by atoms with Gasteiger partial charge in [0.25, 0.3) is 0 Å². The third-order valence-electron chi connectivity index (χ3n) is 5.74. The molecule has 0 aliphatic heterocycles. The van der Waals surface area contributed by atoms with Gasteiger partial charge in [-0.15, -0.1) is 32.9 Å². The Labute approximate surface area is 222 Å². The second-order valence-electron chi connectivity index (χ2n) is 8.21. The van der Waals surface area contributed by atoms with Gasteiger partial charge in [0, 0.05) is 33.3 Å². The molecule has 0 saturated heterocycles. The van der Waals surface area contributed by atoms with Gasteiger partial charge in [-0.3, -0.25) is 4.79 Å². The lowest BCUT2D eigenvalue weighted by molar-refractivity contribution is -0.113. The standard InChI is InChI=1S/C26H28N4O3S3/c1-6-18-11-17(12-34-18)23-28-29-26(30(23)7-2)36-14-21(31)27-24-22(25(32)33-5)20(13-35-24)19-10-15(3)8-9-16(19)4/h8-13H,6-7,14H2,1-5H3,(H,27,31). The van der Waals surface area contributed by atoms with E-state index in [2.05, 4.69) is 33.9 Å². The van der Waals surface area contributed by atoms with Crippen molar-refractivity contribution >= 4 is 51.3 Å². The number of thiophene rings is 2. The van der Waals surface area contributed by atoms with Crippen LogP contribution in [0.1, 0.15) is 40.2 Å². The zero-order valence-corrected chi connectivity index (χ0v) is 23.3. The van der Waals surface area contributed by atoms with Crippen LogP contribution in [-0.2, 0) is 22.5 Å². The van der Waals surface area contributed by atoms with Crippen molar-refractivity contribution in [2.45, 2.75) is 45.8 Å². The van der Waals surface area contributed by atoms with Gasteiger partial charge in [-0.2, -0.15) is 0 Å². The van der Waals surface area contributed by atoms with Crippen molar-refractivity contribution < 1.29 is 14.3 Å². The number of carbonyl (C=O) groups excluding carboxylic acids is 2. The number of aryl methyl sites for hydroxylation is 3. The Morgan fingerprint density at radius 1 is 1.08 bits per heavy atom. The highest BCUT2D eigenvalue weighted by molar-refractivity contribution is 7.99. The molecule has 0 bridgehead atoms. The third kappa shape index (κ3) is 5.40. The van der Waals surface area contributed by atoms with E-state index in [9.17, 15) is 9.59 Å². The number of thioether (sulfide) groups is 1. The van der Waals surface area contributed by atoms with Gasteiger partial charge < -0.3 is 14.6 Å². The maximum atomic E-state index is 12.9. The molecule has 0 unspecified atom stereocenters. The fourth-order valence-corrected chi connectivity index (χ4v) is 6.43. The van der Waals surface area contributed by atoms with Gasteiger partial charge in [-0.1, -0.05) is 42.4 Å². The summed E-state index contributed by atoms with van der Waals surface area (Å²) in [5, 5.41) is 16.8. The number of hydrogen-bond acceptors (Lipinski definition) is 8. The van der Waals surface area contributed by atoms with Crippen LogP contribution >= 0.6 is 34.4 Å². The molecule has 0 aliphatic carbocycles. The number of amides is 1. The van der Waals surface area contributed by atoms with Crippen molar-refractivity contribution in [3.63, 3.8) is 0 Å². The largest absolute Gasteiger partial charge is 0.465 e. The number of rotatable bonds is 9. The Balaban J connectivity index is 1.52. The van der Waals surface area contributed by atoms with Gasteiger partial charge in [-0.05, 0) is 44.4 Å².